The molecule has 0 atom stereocenters. The van der Waals surface area contributed by atoms with Crippen molar-refractivity contribution >= 4 is 7.82 Å². The zero-order valence-electron chi connectivity index (χ0n) is 5.91. The molecule has 0 aromatic heterocycles. The van der Waals surface area contributed by atoms with E-state index in [1.54, 1.807) is 0 Å². The van der Waals surface area contributed by atoms with Gasteiger partial charge in [0.05, 0.1) is 0 Å². The van der Waals surface area contributed by atoms with E-state index >= 15 is 0 Å². The van der Waals surface area contributed by atoms with Crippen LogP contribution in [0.3, 0.4) is 0 Å². The van der Waals surface area contributed by atoms with Gasteiger partial charge in [0.25, 0.3) is 7.82 Å². The van der Waals surface area contributed by atoms with Crippen molar-refractivity contribution in [3.63, 3.8) is 0 Å². The van der Waals surface area contributed by atoms with Crippen molar-refractivity contribution in [3.8, 4) is 0 Å². The summed E-state index contributed by atoms with van der Waals surface area (Å²) in [6.45, 7) is 0. The topological polar surface area (TPSA) is 80.6 Å². The molecular weight excluding hydrogens is 375 g/mol. The Bertz CT molecular complexity index is 66.6. The fourth-order valence-electron chi connectivity index (χ4n) is 0. The zero-order valence-corrected chi connectivity index (χ0v) is 19.1. The second-order valence-corrected chi connectivity index (χ2v) is 1.47. The molecule has 4 nitrogen and oxygen atoms in total. The number of halogens is 2. The van der Waals surface area contributed by atoms with Crippen LogP contribution in [0.4, 0.5) is 0 Å². The van der Waals surface area contributed by atoms with Gasteiger partial charge in [0.15, 0.2) is 0 Å². The molecule has 0 spiro atoms. The van der Waals surface area contributed by atoms with Crippen molar-refractivity contribution in [3.05, 3.63) is 0 Å². The van der Waals surface area contributed by atoms with E-state index in [0.29, 0.717) is 0 Å². The first-order chi connectivity index (χ1) is 2.00. The largest absolute Gasteiger partial charge is 1.00 e. The molecule has 10 heavy (non-hydrogen) atoms. The van der Waals surface area contributed by atoms with Gasteiger partial charge in [0, 0.05) is 0 Å². The Labute approximate surface area is 210 Å². The van der Waals surface area contributed by atoms with E-state index in [0.717, 1.165) is 0 Å². The van der Waals surface area contributed by atoms with E-state index < -0.39 is 7.82 Å². The number of phosphoric acid groups is 1. The molecule has 0 bridgehead atoms. The molecule has 0 amide bonds. The van der Waals surface area contributed by atoms with Crippen molar-refractivity contribution < 1.29 is 210 Å². The van der Waals surface area contributed by atoms with E-state index in [4.69, 9.17) is 19.2 Å². The maximum absolute atomic E-state index is 8.77. The SMILES string of the molecule is O=P([O-])(O)O.[Cl-].[I-].[K+].[K+].[K+]. The molecule has 0 aliphatic carbocycles. The summed E-state index contributed by atoms with van der Waals surface area (Å²) in [4.78, 5) is 22.9. The molecule has 48 valence electrons. The molecule has 0 aromatic carbocycles. The van der Waals surface area contributed by atoms with Gasteiger partial charge in [-0.1, -0.05) is 0 Å². The molecule has 0 radical (unpaired) electrons. The summed E-state index contributed by atoms with van der Waals surface area (Å²) in [5.41, 5.74) is 0. The van der Waals surface area contributed by atoms with Crippen molar-refractivity contribution in [1.82, 2.24) is 0 Å². The molecule has 0 saturated carbocycles. The summed E-state index contributed by atoms with van der Waals surface area (Å²) in [7, 11) is -4.89. The second-order valence-electron chi connectivity index (χ2n) is 0.491. The Morgan fingerprint density at radius 1 is 1.10 bits per heavy atom. The summed E-state index contributed by atoms with van der Waals surface area (Å²) in [5, 5.41) is 0. The van der Waals surface area contributed by atoms with Crippen LogP contribution in [0.5, 0.6) is 0 Å². The van der Waals surface area contributed by atoms with Crippen LogP contribution < -0.4 is 195 Å². The second kappa shape index (κ2) is 20.5. The fourth-order valence-corrected chi connectivity index (χ4v) is 0. The molecule has 0 fully saturated rings. The van der Waals surface area contributed by atoms with Crippen LogP contribution in [-0.2, 0) is 4.57 Å². The van der Waals surface area contributed by atoms with Gasteiger partial charge < -0.3 is 51.1 Å². The molecule has 0 aromatic rings. The van der Waals surface area contributed by atoms with Crippen LogP contribution in [-0.4, -0.2) is 9.79 Å². The van der Waals surface area contributed by atoms with Crippen LogP contribution in [0.1, 0.15) is 0 Å². The van der Waals surface area contributed by atoms with Crippen LogP contribution in [0.2, 0.25) is 0 Å². The van der Waals surface area contributed by atoms with Crippen molar-refractivity contribution in [2.75, 3.05) is 0 Å². The first-order valence-electron chi connectivity index (χ1n) is 0.765. The standard InChI is InChI=1S/ClH.HI.3K.H3O4P/c;;;;;1-5(2,3)4/h2*1H;;;;(H3,1,2,3,4)/q;;3*+1;/p-3. The molecule has 0 rings (SSSR count). The third kappa shape index (κ3) is 65.4. The molecule has 10 heteroatoms. The van der Waals surface area contributed by atoms with Crippen molar-refractivity contribution in [2.45, 2.75) is 0 Å². The van der Waals surface area contributed by atoms with Gasteiger partial charge in [-0.2, -0.15) is 0 Å². The van der Waals surface area contributed by atoms with Crippen molar-refractivity contribution in [1.29, 1.82) is 0 Å². The minimum absolute atomic E-state index is 0. The third-order valence-corrected chi connectivity index (χ3v) is 0. The van der Waals surface area contributed by atoms with E-state index in [9.17, 15) is 0 Å². The van der Waals surface area contributed by atoms with E-state index in [2.05, 4.69) is 0 Å². The van der Waals surface area contributed by atoms with Gasteiger partial charge in [-0.05, 0) is 0 Å². The zero-order chi connectivity index (χ0) is 4.50. The first-order valence-corrected chi connectivity index (χ1v) is 2.30. The van der Waals surface area contributed by atoms with Crippen LogP contribution in [0.15, 0.2) is 0 Å². The average Bonchev–Trinajstić information content (AvgIpc) is 0.722. The third-order valence-electron chi connectivity index (χ3n) is 0. The monoisotopic (exact) mass is 376 g/mol. The fraction of sp³-hybridized carbons (Fsp3) is 0. The number of hydrogen-bond donors (Lipinski definition) is 2. The van der Waals surface area contributed by atoms with E-state index in [1.165, 1.54) is 0 Å². The summed E-state index contributed by atoms with van der Waals surface area (Å²) in [5.74, 6) is 0. The van der Waals surface area contributed by atoms with Gasteiger partial charge in [-0.3, -0.25) is 4.57 Å². The molecule has 0 unspecified atom stereocenters. The molecule has 0 aliphatic heterocycles. The van der Waals surface area contributed by atoms with Gasteiger partial charge in [0.2, 0.25) is 0 Å². The predicted octanol–water partition coefficient (Wildman–Crippen LogP) is -16.5. The number of hydrogen-bond acceptors (Lipinski definition) is 2. The Morgan fingerprint density at radius 3 is 1.10 bits per heavy atom. The van der Waals surface area contributed by atoms with Gasteiger partial charge in [-0.25, -0.2) is 0 Å². The maximum atomic E-state index is 8.77. The van der Waals surface area contributed by atoms with E-state index in [1.807, 2.05) is 0 Å². The molecular formula is H2ClIK3O4P. The average molecular weight is 377 g/mol. The van der Waals surface area contributed by atoms with Gasteiger partial charge in [0.1, 0.15) is 0 Å². The van der Waals surface area contributed by atoms with Crippen LogP contribution in [0, 0.1) is 0 Å². The summed E-state index contributed by atoms with van der Waals surface area (Å²) in [6, 6.07) is 0. The molecule has 0 heterocycles. The Hall–Kier alpha value is 6.04. The molecule has 0 aliphatic rings. The van der Waals surface area contributed by atoms with Crippen LogP contribution in [0.25, 0.3) is 0 Å². The normalized spacial score (nSPS) is 5.90. The first kappa shape index (κ1) is 36.0. The Morgan fingerprint density at radius 2 is 1.10 bits per heavy atom. The summed E-state index contributed by atoms with van der Waals surface area (Å²) >= 11 is 0. The Balaban J connectivity index is -0.00000000800. The number of rotatable bonds is 0. The quantitative estimate of drug-likeness (QED) is 0.250. The van der Waals surface area contributed by atoms with Gasteiger partial charge in [-0.15, -0.1) is 0 Å². The van der Waals surface area contributed by atoms with Crippen LogP contribution >= 0.6 is 7.82 Å². The predicted molar refractivity (Wildman–Crippen MR) is 12.0 cm³/mol. The van der Waals surface area contributed by atoms with Gasteiger partial charge >= 0.3 is 154 Å². The Kier molecular flexibility index (Phi) is 73.6. The van der Waals surface area contributed by atoms with Crippen molar-refractivity contribution in [2.24, 2.45) is 0 Å². The molecule has 2 N–H and O–H groups in total. The summed E-state index contributed by atoms with van der Waals surface area (Å²) in [6.07, 6.45) is 0. The minimum Gasteiger partial charge on any atom is -1.00 e. The smallest absolute Gasteiger partial charge is 1.00 e. The minimum atomic E-state index is -4.89. The van der Waals surface area contributed by atoms with E-state index in [-0.39, 0.29) is 191 Å². The molecule has 0 saturated heterocycles. The maximum Gasteiger partial charge on any atom is 1.00 e. The summed E-state index contributed by atoms with van der Waals surface area (Å²) < 4.78 is 8.77.